The lowest BCUT2D eigenvalue weighted by molar-refractivity contribution is -0.161. The van der Waals surface area contributed by atoms with Gasteiger partial charge in [-0.25, -0.2) is 4.57 Å². The summed E-state index contributed by atoms with van der Waals surface area (Å²) in [4.78, 5) is 45.9. The van der Waals surface area contributed by atoms with Crippen LogP contribution < -0.4 is 5.73 Å². The number of hydrogen-bond acceptors (Lipinski definition) is 10. The molecule has 0 aliphatic heterocycles. The minimum Gasteiger partial charge on any atom is -0.480 e. The van der Waals surface area contributed by atoms with Crippen LogP contribution in [0.5, 0.6) is 0 Å². The molecule has 0 aliphatic carbocycles. The van der Waals surface area contributed by atoms with Gasteiger partial charge in [0.15, 0.2) is 6.10 Å². The van der Waals surface area contributed by atoms with Crippen LogP contribution in [0.1, 0.15) is 123 Å². The first-order chi connectivity index (χ1) is 27.5. The van der Waals surface area contributed by atoms with Crippen molar-refractivity contribution in [1.82, 2.24) is 0 Å². The predicted molar refractivity (Wildman–Crippen MR) is 227 cm³/mol. The third-order valence-electron chi connectivity index (χ3n) is 7.93. The number of aliphatic carboxylic acids is 1. The van der Waals surface area contributed by atoms with Crippen LogP contribution in [0.3, 0.4) is 0 Å². The number of aliphatic hydroxyl groups is 1. The van der Waals surface area contributed by atoms with E-state index in [-0.39, 0.29) is 25.7 Å². The molecular weight excluding hydrogens is 749 g/mol. The van der Waals surface area contributed by atoms with Crippen molar-refractivity contribution >= 4 is 25.7 Å². The molecule has 0 amide bonds. The number of phosphoric acid groups is 1. The van der Waals surface area contributed by atoms with E-state index in [1.165, 1.54) is 0 Å². The summed E-state index contributed by atoms with van der Waals surface area (Å²) >= 11 is 0. The van der Waals surface area contributed by atoms with Crippen molar-refractivity contribution < 1.29 is 52.6 Å². The maximum atomic E-state index is 12.6. The highest BCUT2D eigenvalue weighted by Crippen LogP contribution is 2.43. The maximum absolute atomic E-state index is 12.6. The molecule has 2 unspecified atom stereocenters. The molecule has 0 aliphatic rings. The quantitative estimate of drug-likeness (QED) is 0.0154. The number of carboxylic acid groups (broad SMARTS) is 1. The Morgan fingerprint density at radius 3 is 1.74 bits per heavy atom. The Morgan fingerprint density at radius 1 is 0.632 bits per heavy atom. The van der Waals surface area contributed by atoms with E-state index in [9.17, 15) is 28.9 Å². The number of ether oxygens (including phenoxy) is 2. The standard InChI is InChI=1S/C44H70NO11P/c1-3-5-7-9-11-13-15-17-18-20-22-24-26-28-30-34-42(47)53-36-40(37-54-57(51,52)55-38-41(45)44(49)50)56-43(48)35-31-33-39(46)32-29-27-25-23-21-19-16-14-12-10-8-6-4-2/h5-8,11-14,17-19,21,25,27,29,32,39-41,46H,3-4,9-10,15-16,20,22-24,26,28,30-31,33-38,45H2,1-2H3,(H,49,50)(H,51,52)/b7-5-,8-6-,13-11-,14-12-,18-17-,21-19-,27-25-,32-29+/t39?,40-,41+/m1/s1. The highest BCUT2D eigenvalue weighted by atomic mass is 31.2. The monoisotopic (exact) mass is 819 g/mol. The number of aliphatic hydroxyl groups excluding tert-OH is 1. The fourth-order valence-electron chi connectivity index (χ4n) is 4.75. The number of allylic oxidation sites excluding steroid dienone is 15. The number of hydrogen-bond donors (Lipinski definition) is 4. The van der Waals surface area contributed by atoms with Gasteiger partial charge in [-0.15, -0.1) is 0 Å². The van der Waals surface area contributed by atoms with Crippen molar-refractivity contribution in [1.29, 1.82) is 0 Å². The Bertz CT molecular complexity index is 1350. The topological polar surface area (TPSA) is 192 Å². The van der Waals surface area contributed by atoms with Crippen LogP contribution in [-0.2, 0) is 37.5 Å². The molecule has 0 radical (unpaired) electrons. The van der Waals surface area contributed by atoms with Crippen molar-refractivity contribution in [2.45, 2.75) is 141 Å². The lowest BCUT2D eigenvalue weighted by Crippen LogP contribution is -2.34. The molecule has 0 saturated carbocycles. The van der Waals surface area contributed by atoms with Gasteiger partial charge >= 0.3 is 25.7 Å². The molecule has 0 saturated heterocycles. The number of phosphoric ester groups is 1. The van der Waals surface area contributed by atoms with Crippen molar-refractivity contribution in [3.05, 3.63) is 97.2 Å². The van der Waals surface area contributed by atoms with E-state index < -0.39 is 63.8 Å². The van der Waals surface area contributed by atoms with Crippen LogP contribution in [0.2, 0.25) is 0 Å². The van der Waals surface area contributed by atoms with Crippen LogP contribution >= 0.6 is 7.82 Å². The minimum absolute atomic E-state index is 0.0795. The first-order valence-electron chi connectivity index (χ1n) is 20.4. The van der Waals surface area contributed by atoms with Crippen molar-refractivity contribution in [2.75, 3.05) is 19.8 Å². The van der Waals surface area contributed by atoms with Gasteiger partial charge in [-0.05, 0) is 77.0 Å². The Hall–Kier alpha value is -3.64. The van der Waals surface area contributed by atoms with Crippen molar-refractivity contribution in [3.63, 3.8) is 0 Å². The largest absolute Gasteiger partial charge is 0.480 e. The van der Waals surface area contributed by atoms with E-state index in [0.717, 1.165) is 77.0 Å². The molecule has 4 atom stereocenters. The first kappa shape index (κ1) is 53.4. The van der Waals surface area contributed by atoms with Crippen LogP contribution in [-0.4, -0.2) is 71.1 Å². The molecule has 0 heterocycles. The van der Waals surface area contributed by atoms with E-state index in [0.29, 0.717) is 6.42 Å². The fraction of sp³-hybridized carbons (Fsp3) is 0.568. The molecule has 57 heavy (non-hydrogen) atoms. The number of carboxylic acids is 1. The van der Waals surface area contributed by atoms with Gasteiger partial charge in [0.2, 0.25) is 0 Å². The normalized spacial score (nSPS) is 15.3. The fourth-order valence-corrected chi connectivity index (χ4v) is 5.53. The Morgan fingerprint density at radius 2 is 1.14 bits per heavy atom. The van der Waals surface area contributed by atoms with Gasteiger partial charge in [-0.3, -0.25) is 23.4 Å². The number of carbonyl (C=O) groups is 3. The van der Waals surface area contributed by atoms with Crippen LogP contribution in [0, 0.1) is 0 Å². The molecule has 0 aromatic carbocycles. The SMILES string of the molecule is CC/C=C\C/C=C\C/C=C\C/C=C\C=C\C(O)CCCC(=O)O[C@H](COC(=O)CCCCCCC/C=C\C/C=C\C/C=C\CC)COP(=O)(O)OC[C@H](N)C(=O)O. The van der Waals surface area contributed by atoms with Gasteiger partial charge in [0.25, 0.3) is 0 Å². The van der Waals surface area contributed by atoms with E-state index in [1.807, 2.05) is 12.2 Å². The van der Waals surface area contributed by atoms with Crippen LogP contribution in [0.25, 0.3) is 0 Å². The highest BCUT2D eigenvalue weighted by molar-refractivity contribution is 7.47. The highest BCUT2D eigenvalue weighted by Gasteiger charge is 2.28. The zero-order valence-electron chi connectivity index (χ0n) is 34.2. The third-order valence-corrected chi connectivity index (χ3v) is 8.88. The summed E-state index contributed by atoms with van der Waals surface area (Å²) in [5, 5.41) is 19.1. The summed E-state index contributed by atoms with van der Waals surface area (Å²) in [6.07, 6.45) is 43.6. The number of esters is 2. The van der Waals surface area contributed by atoms with Gasteiger partial charge in [0, 0.05) is 12.8 Å². The van der Waals surface area contributed by atoms with Gasteiger partial charge in [0.05, 0.1) is 19.3 Å². The smallest absolute Gasteiger partial charge is 0.472 e. The third kappa shape index (κ3) is 37.7. The summed E-state index contributed by atoms with van der Waals surface area (Å²) < 4.78 is 32.5. The Kier molecular flexibility index (Phi) is 35.5. The average Bonchev–Trinajstić information content (AvgIpc) is 3.18. The zero-order valence-corrected chi connectivity index (χ0v) is 35.1. The number of rotatable bonds is 36. The number of carbonyl (C=O) groups excluding carboxylic acids is 2. The summed E-state index contributed by atoms with van der Waals surface area (Å²) in [6.45, 7) is 2.32. The second-order valence-corrected chi connectivity index (χ2v) is 14.7. The maximum Gasteiger partial charge on any atom is 0.472 e. The molecule has 5 N–H and O–H groups in total. The average molecular weight is 820 g/mol. The molecule has 0 aromatic rings. The number of unbranched alkanes of at least 4 members (excludes halogenated alkanes) is 5. The molecule has 322 valence electrons. The molecule has 12 nitrogen and oxygen atoms in total. The van der Waals surface area contributed by atoms with E-state index >= 15 is 0 Å². The van der Waals surface area contributed by atoms with Crippen LogP contribution in [0.4, 0.5) is 0 Å². The molecular formula is C44H70NO11P. The van der Waals surface area contributed by atoms with Gasteiger partial charge in [-0.1, -0.05) is 130 Å². The van der Waals surface area contributed by atoms with Gasteiger partial charge < -0.3 is 30.3 Å². The molecule has 13 heteroatoms. The number of nitrogens with two attached hydrogens (primary N) is 1. The van der Waals surface area contributed by atoms with Crippen LogP contribution in [0.15, 0.2) is 97.2 Å². The molecule has 0 bridgehead atoms. The molecule has 0 fully saturated rings. The summed E-state index contributed by atoms with van der Waals surface area (Å²) in [7, 11) is -4.78. The van der Waals surface area contributed by atoms with E-state index in [2.05, 4.69) is 91.3 Å². The predicted octanol–water partition coefficient (Wildman–Crippen LogP) is 9.47. The molecule has 0 aromatic heterocycles. The van der Waals surface area contributed by atoms with Gasteiger partial charge in [-0.2, -0.15) is 0 Å². The zero-order chi connectivity index (χ0) is 42.2. The Labute approximate surface area is 341 Å². The summed E-state index contributed by atoms with van der Waals surface area (Å²) in [5.41, 5.74) is 5.31. The lowest BCUT2D eigenvalue weighted by Gasteiger charge is -2.20. The van der Waals surface area contributed by atoms with Crippen molar-refractivity contribution in [3.8, 4) is 0 Å². The van der Waals surface area contributed by atoms with Crippen molar-refractivity contribution in [2.24, 2.45) is 5.73 Å². The molecule has 0 spiro atoms. The Balaban J connectivity index is 4.66. The van der Waals surface area contributed by atoms with Gasteiger partial charge in [0.1, 0.15) is 12.6 Å². The van der Waals surface area contributed by atoms with E-state index in [1.54, 1.807) is 12.2 Å². The second-order valence-electron chi connectivity index (χ2n) is 13.2. The first-order valence-corrected chi connectivity index (χ1v) is 21.9. The lowest BCUT2D eigenvalue weighted by atomic mass is 10.1. The minimum atomic E-state index is -4.78. The van der Waals surface area contributed by atoms with E-state index in [4.69, 9.17) is 24.8 Å². The second kappa shape index (κ2) is 37.9. The summed E-state index contributed by atoms with van der Waals surface area (Å²) in [6, 6.07) is -1.56. The summed E-state index contributed by atoms with van der Waals surface area (Å²) in [5.74, 6) is -2.65. The molecule has 0 rings (SSSR count).